The van der Waals surface area contributed by atoms with Crippen LogP contribution in [0.15, 0.2) is 40.7 Å². The van der Waals surface area contributed by atoms with Gasteiger partial charge in [0, 0.05) is 16.5 Å². The molecule has 0 N–H and O–H groups in total. The molecular weight excluding hydrogens is 281 g/mol. The number of allylic oxidation sites excluding steroid dienone is 4. The summed E-state index contributed by atoms with van der Waals surface area (Å²) >= 11 is 3.12. The maximum atomic E-state index is 13.5. The van der Waals surface area contributed by atoms with Crippen LogP contribution in [0.2, 0.25) is 0 Å². The lowest BCUT2D eigenvalue weighted by Gasteiger charge is -2.12. The fraction of sp³-hybridized carbons (Fsp3) is 0.167. The summed E-state index contributed by atoms with van der Waals surface area (Å²) in [5.41, 5.74) is 0.460. The average Bonchev–Trinajstić information content (AvgIpc) is 2.15. The number of rotatable bonds is 1. The SMILES string of the molecule is FC1=CC(c2ccc(Br)cc2F)=CC(F)C1. The minimum atomic E-state index is -1.39. The van der Waals surface area contributed by atoms with Gasteiger partial charge in [-0.25, -0.2) is 13.2 Å². The first-order chi connectivity index (χ1) is 7.56. The van der Waals surface area contributed by atoms with Crippen LogP contribution < -0.4 is 0 Å². The first-order valence-electron chi connectivity index (χ1n) is 4.73. The maximum absolute atomic E-state index is 13.5. The van der Waals surface area contributed by atoms with E-state index in [0.717, 1.165) is 0 Å². The fourth-order valence-electron chi connectivity index (χ4n) is 1.61. The second kappa shape index (κ2) is 4.45. The van der Waals surface area contributed by atoms with E-state index in [1.165, 1.54) is 24.3 Å². The molecule has 0 saturated carbocycles. The molecule has 0 fully saturated rings. The Kier molecular flexibility index (Phi) is 3.19. The highest BCUT2D eigenvalue weighted by atomic mass is 79.9. The molecule has 0 heterocycles. The summed E-state index contributed by atoms with van der Waals surface area (Å²) in [5.74, 6) is -1.06. The van der Waals surface area contributed by atoms with Crippen LogP contribution in [-0.2, 0) is 0 Å². The van der Waals surface area contributed by atoms with Gasteiger partial charge in [0.05, 0.1) is 0 Å². The topological polar surface area (TPSA) is 0 Å². The van der Waals surface area contributed by atoms with Crippen molar-refractivity contribution in [3.63, 3.8) is 0 Å². The van der Waals surface area contributed by atoms with Gasteiger partial charge in [-0.2, -0.15) is 0 Å². The van der Waals surface area contributed by atoms with Gasteiger partial charge in [0.15, 0.2) is 0 Å². The number of hydrogen-bond donors (Lipinski definition) is 0. The first-order valence-corrected chi connectivity index (χ1v) is 5.53. The van der Waals surface area contributed by atoms with Gasteiger partial charge in [-0.1, -0.05) is 22.0 Å². The van der Waals surface area contributed by atoms with Crippen molar-refractivity contribution in [1.29, 1.82) is 0 Å². The van der Waals surface area contributed by atoms with E-state index in [2.05, 4.69) is 15.9 Å². The monoisotopic (exact) mass is 288 g/mol. The van der Waals surface area contributed by atoms with E-state index in [9.17, 15) is 13.2 Å². The molecule has 84 valence electrons. The lowest BCUT2D eigenvalue weighted by atomic mass is 9.98. The predicted molar refractivity (Wildman–Crippen MR) is 60.8 cm³/mol. The van der Waals surface area contributed by atoms with Gasteiger partial charge < -0.3 is 0 Å². The van der Waals surface area contributed by atoms with E-state index in [1.54, 1.807) is 6.07 Å². The van der Waals surface area contributed by atoms with Crippen LogP contribution in [0.5, 0.6) is 0 Å². The molecular formula is C12H8BrF3. The van der Waals surface area contributed by atoms with Crippen molar-refractivity contribution < 1.29 is 13.2 Å². The van der Waals surface area contributed by atoms with Crippen molar-refractivity contribution in [3.05, 3.63) is 52.0 Å². The summed E-state index contributed by atoms with van der Waals surface area (Å²) in [7, 11) is 0. The van der Waals surface area contributed by atoms with Crippen LogP contribution in [0.25, 0.3) is 5.57 Å². The number of alkyl halides is 1. The van der Waals surface area contributed by atoms with Gasteiger partial charge in [-0.15, -0.1) is 0 Å². The molecule has 1 aromatic carbocycles. The normalized spacial score (nSPS) is 20.4. The van der Waals surface area contributed by atoms with E-state index in [4.69, 9.17) is 0 Å². The Balaban J connectivity index is 2.44. The number of halogens is 4. The van der Waals surface area contributed by atoms with Crippen LogP contribution in [0.3, 0.4) is 0 Å². The molecule has 0 aromatic heterocycles. The van der Waals surface area contributed by atoms with Crippen molar-refractivity contribution >= 4 is 21.5 Å². The molecule has 0 aliphatic heterocycles. The zero-order chi connectivity index (χ0) is 11.7. The summed E-state index contributed by atoms with van der Waals surface area (Å²) in [6, 6.07) is 4.39. The molecule has 0 nitrogen and oxygen atoms in total. The van der Waals surface area contributed by atoms with Crippen molar-refractivity contribution in [2.75, 3.05) is 0 Å². The van der Waals surface area contributed by atoms with E-state index in [1.807, 2.05) is 0 Å². The van der Waals surface area contributed by atoms with Gasteiger partial charge in [-0.05, 0) is 29.9 Å². The second-order valence-electron chi connectivity index (χ2n) is 3.56. The molecule has 0 amide bonds. The largest absolute Gasteiger partial charge is 0.242 e. The Morgan fingerprint density at radius 2 is 2.00 bits per heavy atom. The van der Waals surface area contributed by atoms with Crippen LogP contribution >= 0.6 is 15.9 Å². The smallest absolute Gasteiger partial charge is 0.132 e. The Hall–Kier alpha value is -1.03. The van der Waals surface area contributed by atoms with Crippen molar-refractivity contribution in [1.82, 2.24) is 0 Å². The lowest BCUT2D eigenvalue weighted by Crippen LogP contribution is -2.03. The highest BCUT2D eigenvalue weighted by molar-refractivity contribution is 9.10. The van der Waals surface area contributed by atoms with E-state index >= 15 is 0 Å². The first kappa shape index (κ1) is 11.5. The van der Waals surface area contributed by atoms with Gasteiger partial charge in [0.25, 0.3) is 0 Å². The molecule has 0 saturated heterocycles. The van der Waals surface area contributed by atoms with Gasteiger partial charge in [0.1, 0.15) is 17.8 Å². The third-order valence-electron chi connectivity index (χ3n) is 2.30. The van der Waals surface area contributed by atoms with Crippen LogP contribution in [-0.4, -0.2) is 6.17 Å². The van der Waals surface area contributed by atoms with Crippen molar-refractivity contribution in [2.45, 2.75) is 12.6 Å². The molecule has 16 heavy (non-hydrogen) atoms. The minimum Gasteiger partial charge on any atom is -0.242 e. The zero-order valence-corrected chi connectivity index (χ0v) is 9.77. The molecule has 0 spiro atoms. The fourth-order valence-corrected chi connectivity index (χ4v) is 1.94. The van der Waals surface area contributed by atoms with Crippen LogP contribution in [0.1, 0.15) is 12.0 Å². The predicted octanol–water partition coefficient (Wildman–Crippen LogP) is 4.57. The zero-order valence-electron chi connectivity index (χ0n) is 8.18. The molecule has 1 aliphatic rings. The van der Waals surface area contributed by atoms with Crippen LogP contribution in [0.4, 0.5) is 13.2 Å². The van der Waals surface area contributed by atoms with Gasteiger partial charge in [0.2, 0.25) is 0 Å². The Labute approximate surface area is 99.6 Å². The Morgan fingerprint density at radius 3 is 2.62 bits per heavy atom. The standard InChI is InChI=1S/C12H8BrF3/c13-8-1-2-11(12(16)5-8)7-3-9(14)6-10(15)4-7/h1-5,9H,6H2. The summed E-state index contributed by atoms with van der Waals surface area (Å²) in [6.07, 6.45) is 0.752. The Bertz CT molecular complexity index is 477. The van der Waals surface area contributed by atoms with Crippen molar-refractivity contribution in [2.24, 2.45) is 0 Å². The van der Waals surface area contributed by atoms with Crippen molar-refractivity contribution in [3.8, 4) is 0 Å². The summed E-state index contributed by atoms with van der Waals surface area (Å²) in [6.45, 7) is 0. The van der Waals surface area contributed by atoms with Gasteiger partial charge >= 0.3 is 0 Å². The third-order valence-corrected chi connectivity index (χ3v) is 2.80. The second-order valence-corrected chi connectivity index (χ2v) is 4.47. The number of hydrogen-bond acceptors (Lipinski definition) is 0. The maximum Gasteiger partial charge on any atom is 0.132 e. The summed E-state index contributed by atoms with van der Waals surface area (Å²) in [5, 5.41) is 0. The highest BCUT2D eigenvalue weighted by Crippen LogP contribution is 2.30. The quantitative estimate of drug-likeness (QED) is 0.710. The molecule has 2 rings (SSSR count). The van der Waals surface area contributed by atoms with E-state index in [0.29, 0.717) is 4.47 Å². The van der Waals surface area contributed by atoms with E-state index in [-0.39, 0.29) is 17.6 Å². The molecule has 1 atom stereocenters. The molecule has 1 aliphatic carbocycles. The minimum absolute atomic E-state index is 0.209. The molecule has 1 unspecified atom stereocenters. The molecule has 4 heteroatoms. The summed E-state index contributed by atoms with van der Waals surface area (Å²) in [4.78, 5) is 0. The summed E-state index contributed by atoms with van der Waals surface area (Å²) < 4.78 is 40.3. The van der Waals surface area contributed by atoms with E-state index < -0.39 is 17.8 Å². The highest BCUT2D eigenvalue weighted by Gasteiger charge is 2.17. The Morgan fingerprint density at radius 1 is 1.25 bits per heavy atom. The third kappa shape index (κ3) is 2.38. The van der Waals surface area contributed by atoms with Crippen LogP contribution in [0, 0.1) is 5.82 Å². The lowest BCUT2D eigenvalue weighted by molar-refractivity contribution is 0.370. The average molecular weight is 289 g/mol. The van der Waals surface area contributed by atoms with Gasteiger partial charge in [-0.3, -0.25) is 0 Å². The molecule has 0 radical (unpaired) electrons. The number of benzene rings is 1. The molecule has 1 aromatic rings. The molecule has 0 bridgehead atoms.